The van der Waals surface area contributed by atoms with Gasteiger partial charge in [-0.25, -0.2) is 0 Å². The zero-order chi connectivity index (χ0) is 14.8. The molecule has 0 aromatic carbocycles. The van der Waals surface area contributed by atoms with Gasteiger partial charge in [0, 0.05) is 20.3 Å². The molecule has 0 aromatic heterocycles. The van der Waals surface area contributed by atoms with Gasteiger partial charge in [-0.1, -0.05) is 13.8 Å². The fourth-order valence-electron chi connectivity index (χ4n) is 2.46. The maximum Gasteiger partial charge on any atom is 0.228 e. The van der Waals surface area contributed by atoms with Crippen molar-refractivity contribution in [1.29, 1.82) is 0 Å². The molecular formula is C15H30N2O3. The van der Waals surface area contributed by atoms with Crippen molar-refractivity contribution in [2.45, 2.75) is 33.1 Å². The molecule has 0 aromatic rings. The lowest BCUT2D eigenvalue weighted by molar-refractivity contribution is -0.136. The molecule has 0 unspecified atom stereocenters. The molecule has 1 heterocycles. The topological polar surface area (TPSA) is 59.6 Å². The first-order chi connectivity index (χ1) is 9.60. The number of hydrogen-bond acceptors (Lipinski definition) is 4. The minimum absolute atomic E-state index is 0.105. The molecule has 0 bridgehead atoms. The van der Waals surface area contributed by atoms with Crippen LogP contribution in [0.25, 0.3) is 0 Å². The van der Waals surface area contributed by atoms with Crippen LogP contribution in [0.2, 0.25) is 0 Å². The first-order valence-electron chi connectivity index (χ1n) is 7.66. The van der Waals surface area contributed by atoms with Gasteiger partial charge in [0.2, 0.25) is 5.91 Å². The van der Waals surface area contributed by atoms with Gasteiger partial charge in [-0.15, -0.1) is 0 Å². The number of amides is 1. The van der Waals surface area contributed by atoms with E-state index in [0.717, 1.165) is 39.0 Å². The summed E-state index contributed by atoms with van der Waals surface area (Å²) in [5.41, 5.74) is -0.363. The van der Waals surface area contributed by atoms with Gasteiger partial charge >= 0.3 is 0 Å². The largest absolute Gasteiger partial charge is 0.384 e. The van der Waals surface area contributed by atoms with Crippen molar-refractivity contribution in [2.24, 2.45) is 11.3 Å². The fourth-order valence-corrected chi connectivity index (χ4v) is 2.46. The van der Waals surface area contributed by atoms with Crippen LogP contribution < -0.4 is 10.6 Å². The van der Waals surface area contributed by atoms with E-state index in [1.165, 1.54) is 0 Å². The van der Waals surface area contributed by atoms with Crippen LogP contribution in [0.4, 0.5) is 0 Å². The molecule has 5 nitrogen and oxygen atoms in total. The van der Waals surface area contributed by atoms with Crippen molar-refractivity contribution in [1.82, 2.24) is 10.6 Å². The fraction of sp³-hybridized carbons (Fsp3) is 0.933. The number of ether oxygens (including phenoxy) is 2. The second-order valence-electron chi connectivity index (χ2n) is 6.01. The van der Waals surface area contributed by atoms with Gasteiger partial charge in [0.15, 0.2) is 0 Å². The van der Waals surface area contributed by atoms with Crippen molar-refractivity contribution in [3.05, 3.63) is 0 Å². The summed E-state index contributed by atoms with van der Waals surface area (Å²) in [6.45, 7) is 8.53. The molecule has 0 spiro atoms. The lowest BCUT2D eigenvalue weighted by Gasteiger charge is -2.35. The van der Waals surface area contributed by atoms with Gasteiger partial charge in [-0.2, -0.15) is 0 Å². The van der Waals surface area contributed by atoms with Crippen LogP contribution in [0.5, 0.6) is 0 Å². The molecule has 0 aliphatic carbocycles. The van der Waals surface area contributed by atoms with Crippen molar-refractivity contribution in [2.75, 3.05) is 46.6 Å². The Morgan fingerprint density at radius 1 is 1.30 bits per heavy atom. The van der Waals surface area contributed by atoms with Gasteiger partial charge in [0.1, 0.15) is 0 Å². The Morgan fingerprint density at radius 2 is 2.00 bits per heavy atom. The molecular weight excluding hydrogens is 256 g/mol. The van der Waals surface area contributed by atoms with E-state index in [9.17, 15) is 4.79 Å². The lowest BCUT2D eigenvalue weighted by atomic mass is 9.78. The SMILES string of the molecule is COCC1(C(=O)NCCOCCC(C)C)CCNCC1. The molecule has 5 heteroatoms. The maximum absolute atomic E-state index is 12.4. The average molecular weight is 286 g/mol. The third-order valence-corrected chi connectivity index (χ3v) is 3.83. The van der Waals surface area contributed by atoms with Crippen LogP contribution in [0.3, 0.4) is 0 Å². The Balaban J connectivity index is 2.25. The second-order valence-corrected chi connectivity index (χ2v) is 6.01. The predicted molar refractivity (Wildman–Crippen MR) is 79.7 cm³/mol. The number of rotatable bonds is 9. The van der Waals surface area contributed by atoms with Gasteiger partial charge in [0.25, 0.3) is 0 Å². The molecule has 0 saturated carbocycles. The lowest BCUT2D eigenvalue weighted by Crippen LogP contribution is -2.50. The highest BCUT2D eigenvalue weighted by atomic mass is 16.5. The Bertz CT molecular complexity index is 271. The van der Waals surface area contributed by atoms with Crippen molar-refractivity contribution >= 4 is 5.91 Å². The van der Waals surface area contributed by atoms with E-state index in [-0.39, 0.29) is 11.3 Å². The molecule has 1 aliphatic rings. The summed E-state index contributed by atoms with van der Waals surface area (Å²) in [6.07, 6.45) is 2.73. The smallest absolute Gasteiger partial charge is 0.228 e. The monoisotopic (exact) mass is 286 g/mol. The molecule has 1 amide bonds. The minimum atomic E-state index is -0.363. The Morgan fingerprint density at radius 3 is 2.60 bits per heavy atom. The third-order valence-electron chi connectivity index (χ3n) is 3.83. The second kappa shape index (κ2) is 9.32. The summed E-state index contributed by atoms with van der Waals surface area (Å²) in [6, 6.07) is 0. The van der Waals surface area contributed by atoms with E-state index in [2.05, 4.69) is 24.5 Å². The number of carbonyl (C=O) groups excluding carboxylic acids is 1. The molecule has 20 heavy (non-hydrogen) atoms. The van der Waals surface area contributed by atoms with E-state index in [4.69, 9.17) is 9.47 Å². The van der Waals surface area contributed by atoms with E-state index < -0.39 is 0 Å². The summed E-state index contributed by atoms with van der Waals surface area (Å²) in [4.78, 5) is 12.4. The van der Waals surface area contributed by atoms with Crippen molar-refractivity contribution in [3.63, 3.8) is 0 Å². The van der Waals surface area contributed by atoms with Crippen LogP contribution in [0.15, 0.2) is 0 Å². The van der Waals surface area contributed by atoms with Crippen LogP contribution in [0, 0.1) is 11.3 Å². The number of hydrogen-bond donors (Lipinski definition) is 2. The number of methoxy groups -OCH3 is 1. The number of carbonyl (C=O) groups is 1. The molecule has 1 aliphatic heterocycles. The summed E-state index contributed by atoms with van der Waals surface area (Å²) in [5.74, 6) is 0.762. The standard InChI is InChI=1S/C15H30N2O3/c1-13(2)4-10-20-11-9-17-14(18)15(12-19-3)5-7-16-8-6-15/h13,16H,4-12H2,1-3H3,(H,17,18). The van der Waals surface area contributed by atoms with E-state index in [1.807, 2.05) is 0 Å². The highest BCUT2D eigenvalue weighted by molar-refractivity contribution is 5.83. The zero-order valence-electron chi connectivity index (χ0n) is 13.2. The summed E-state index contributed by atoms with van der Waals surface area (Å²) < 4.78 is 10.8. The maximum atomic E-state index is 12.4. The van der Waals surface area contributed by atoms with Gasteiger partial charge in [-0.3, -0.25) is 4.79 Å². The predicted octanol–water partition coefficient (Wildman–Crippen LogP) is 1.18. The summed E-state index contributed by atoms with van der Waals surface area (Å²) >= 11 is 0. The number of piperidine rings is 1. The average Bonchev–Trinajstić information content (AvgIpc) is 2.43. The highest BCUT2D eigenvalue weighted by Gasteiger charge is 2.39. The van der Waals surface area contributed by atoms with E-state index >= 15 is 0 Å². The van der Waals surface area contributed by atoms with Crippen LogP contribution >= 0.6 is 0 Å². The normalized spacial score (nSPS) is 18.2. The molecule has 1 fully saturated rings. The Labute approximate surface area is 122 Å². The Hall–Kier alpha value is -0.650. The first-order valence-corrected chi connectivity index (χ1v) is 7.66. The van der Waals surface area contributed by atoms with Gasteiger partial charge in [0.05, 0.1) is 18.6 Å². The zero-order valence-corrected chi connectivity index (χ0v) is 13.2. The quantitative estimate of drug-likeness (QED) is 0.625. The molecule has 0 radical (unpaired) electrons. The molecule has 1 saturated heterocycles. The van der Waals surface area contributed by atoms with Crippen LogP contribution in [0.1, 0.15) is 33.1 Å². The van der Waals surface area contributed by atoms with Crippen LogP contribution in [-0.4, -0.2) is 52.5 Å². The van der Waals surface area contributed by atoms with Crippen LogP contribution in [-0.2, 0) is 14.3 Å². The van der Waals surface area contributed by atoms with Gasteiger partial charge < -0.3 is 20.1 Å². The van der Waals surface area contributed by atoms with E-state index in [0.29, 0.717) is 25.7 Å². The summed E-state index contributed by atoms with van der Waals surface area (Å²) in [7, 11) is 1.66. The molecule has 0 atom stereocenters. The Kier molecular flexibility index (Phi) is 8.11. The summed E-state index contributed by atoms with van der Waals surface area (Å²) in [5, 5.41) is 6.28. The van der Waals surface area contributed by atoms with E-state index in [1.54, 1.807) is 7.11 Å². The third kappa shape index (κ3) is 5.77. The van der Waals surface area contributed by atoms with Gasteiger partial charge in [-0.05, 0) is 38.3 Å². The highest BCUT2D eigenvalue weighted by Crippen LogP contribution is 2.29. The van der Waals surface area contributed by atoms with Crippen molar-refractivity contribution in [3.8, 4) is 0 Å². The van der Waals surface area contributed by atoms with Crippen molar-refractivity contribution < 1.29 is 14.3 Å². The number of nitrogens with one attached hydrogen (secondary N) is 2. The molecule has 1 rings (SSSR count). The molecule has 2 N–H and O–H groups in total. The first kappa shape index (κ1) is 17.4. The minimum Gasteiger partial charge on any atom is -0.384 e. The molecule has 118 valence electrons.